The molecule has 104 valence electrons. The van der Waals surface area contributed by atoms with Gasteiger partial charge in [0.25, 0.3) is 10.2 Å². The van der Waals surface area contributed by atoms with E-state index in [1.54, 1.807) is 8.61 Å². The molecule has 3 fully saturated rings. The lowest BCUT2D eigenvalue weighted by Gasteiger charge is -2.40. The van der Waals surface area contributed by atoms with Gasteiger partial charge >= 0.3 is 0 Å². The van der Waals surface area contributed by atoms with Gasteiger partial charge in [0.15, 0.2) is 0 Å². The van der Waals surface area contributed by atoms with Crippen molar-refractivity contribution in [2.45, 2.75) is 38.1 Å². The minimum Gasteiger partial charge on any atom is -0.379 e. The summed E-state index contributed by atoms with van der Waals surface area (Å²) in [5, 5.41) is 0. The third-order valence-corrected chi connectivity index (χ3v) is 6.60. The van der Waals surface area contributed by atoms with E-state index in [4.69, 9.17) is 4.74 Å². The van der Waals surface area contributed by atoms with E-state index in [1.165, 1.54) is 19.3 Å². The van der Waals surface area contributed by atoms with Gasteiger partial charge in [-0.1, -0.05) is 6.42 Å². The van der Waals surface area contributed by atoms with Gasteiger partial charge in [-0.2, -0.15) is 17.0 Å². The van der Waals surface area contributed by atoms with E-state index in [-0.39, 0.29) is 6.04 Å². The molecule has 1 saturated carbocycles. The van der Waals surface area contributed by atoms with Crippen LogP contribution in [0, 0.1) is 5.92 Å². The van der Waals surface area contributed by atoms with Crippen molar-refractivity contribution in [3.63, 3.8) is 0 Å². The lowest BCUT2D eigenvalue weighted by molar-refractivity contribution is 0.0671. The molecular weight excluding hydrogens is 252 g/mol. The van der Waals surface area contributed by atoms with Gasteiger partial charge in [0, 0.05) is 25.7 Å². The predicted molar refractivity (Wildman–Crippen MR) is 68.4 cm³/mol. The van der Waals surface area contributed by atoms with Crippen molar-refractivity contribution in [2.24, 2.45) is 5.92 Å². The molecule has 1 aliphatic carbocycles. The fourth-order valence-corrected chi connectivity index (χ4v) is 5.51. The summed E-state index contributed by atoms with van der Waals surface area (Å²) in [4.78, 5) is 0. The van der Waals surface area contributed by atoms with Crippen molar-refractivity contribution < 1.29 is 13.2 Å². The summed E-state index contributed by atoms with van der Waals surface area (Å²) in [7, 11) is -3.25. The van der Waals surface area contributed by atoms with Crippen molar-refractivity contribution in [3.8, 4) is 0 Å². The van der Waals surface area contributed by atoms with E-state index in [9.17, 15) is 8.42 Å². The van der Waals surface area contributed by atoms with Crippen molar-refractivity contribution >= 4 is 10.2 Å². The van der Waals surface area contributed by atoms with Gasteiger partial charge in [0.05, 0.1) is 13.2 Å². The fourth-order valence-electron chi connectivity index (χ4n) is 3.62. The molecule has 0 radical (unpaired) electrons. The van der Waals surface area contributed by atoms with Crippen LogP contribution in [0.3, 0.4) is 0 Å². The molecule has 2 atom stereocenters. The van der Waals surface area contributed by atoms with E-state index < -0.39 is 10.2 Å². The number of ether oxygens (including phenoxy) is 1. The molecule has 0 spiro atoms. The number of piperidine rings is 1. The number of nitrogens with zero attached hydrogens (tertiary/aromatic N) is 2. The van der Waals surface area contributed by atoms with Crippen molar-refractivity contribution in [1.82, 2.24) is 8.61 Å². The molecule has 2 saturated heterocycles. The maximum Gasteiger partial charge on any atom is 0.282 e. The molecule has 0 bridgehead atoms. The Morgan fingerprint density at radius 1 is 0.944 bits per heavy atom. The first kappa shape index (κ1) is 12.8. The molecule has 0 aromatic rings. The second-order valence-corrected chi connectivity index (χ2v) is 7.41. The highest BCUT2D eigenvalue weighted by atomic mass is 32.2. The zero-order valence-electron chi connectivity index (χ0n) is 10.8. The summed E-state index contributed by atoms with van der Waals surface area (Å²) in [6.07, 6.45) is 5.67. The molecule has 3 aliphatic rings. The van der Waals surface area contributed by atoms with E-state index in [0.717, 1.165) is 12.8 Å². The maximum atomic E-state index is 12.7. The second-order valence-electron chi connectivity index (χ2n) is 5.53. The van der Waals surface area contributed by atoms with E-state index >= 15 is 0 Å². The summed E-state index contributed by atoms with van der Waals surface area (Å²) in [5.41, 5.74) is 0. The highest BCUT2D eigenvalue weighted by Gasteiger charge is 2.43. The standard InChI is InChI=1S/C12H22N2O3S/c15-18(16,13-7-9-17-10-8-13)14-6-2-4-11-3-1-5-12(11)14/h11-12H,1-10H2/t11-,12+/m1/s1. The topological polar surface area (TPSA) is 49.9 Å². The summed E-state index contributed by atoms with van der Waals surface area (Å²) < 4.78 is 34.0. The number of morpholine rings is 1. The van der Waals surface area contributed by atoms with Crippen LogP contribution >= 0.6 is 0 Å². The number of rotatable bonds is 2. The Kier molecular flexibility index (Phi) is 3.62. The zero-order chi connectivity index (χ0) is 12.6. The molecular formula is C12H22N2O3S. The largest absolute Gasteiger partial charge is 0.379 e. The van der Waals surface area contributed by atoms with Gasteiger partial charge in [-0.25, -0.2) is 0 Å². The molecule has 0 N–H and O–H groups in total. The van der Waals surface area contributed by atoms with Crippen LogP contribution < -0.4 is 0 Å². The van der Waals surface area contributed by atoms with Gasteiger partial charge < -0.3 is 4.74 Å². The van der Waals surface area contributed by atoms with Crippen molar-refractivity contribution in [3.05, 3.63) is 0 Å². The normalized spacial score (nSPS) is 35.6. The number of hydrogen-bond donors (Lipinski definition) is 0. The first-order chi connectivity index (χ1) is 8.69. The lowest BCUT2D eigenvalue weighted by Crippen LogP contribution is -2.54. The lowest BCUT2D eigenvalue weighted by atomic mass is 9.94. The Morgan fingerprint density at radius 3 is 2.44 bits per heavy atom. The predicted octanol–water partition coefficient (Wildman–Crippen LogP) is 0.828. The SMILES string of the molecule is O=S(=O)(N1CCOCC1)N1CCC[C@H]2CCC[C@@H]21. The van der Waals surface area contributed by atoms with E-state index in [1.807, 2.05) is 0 Å². The van der Waals surface area contributed by atoms with Crippen molar-refractivity contribution in [2.75, 3.05) is 32.8 Å². The van der Waals surface area contributed by atoms with Gasteiger partial charge in [-0.3, -0.25) is 0 Å². The third-order valence-electron chi connectivity index (χ3n) is 4.53. The van der Waals surface area contributed by atoms with Crippen LogP contribution in [0.4, 0.5) is 0 Å². The maximum absolute atomic E-state index is 12.7. The first-order valence-electron chi connectivity index (χ1n) is 7.04. The molecule has 0 aromatic carbocycles. The molecule has 3 rings (SSSR count). The molecule has 18 heavy (non-hydrogen) atoms. The molecule has 0 aromatic heterocycles. The Labute approximate surface area is 109 Å². The van der Waals surface area contributed by atoms with Gasteiger partial charge in [0.1, 0.15) is 0 Å². The van der Waals surface area contributed by atoms with Gasteiger partial charge in [0.2, 0.25) is 0 Å². The number of fused-ring (bicyclic) bond motifs is 1. The molecule has 0 amide bonds. The molecule has 0 unspecified atom stereocenters. The van der Waals surface area contributed by atoms with Gasteiger partial charge in [-0.15, -0.1) is 0 Å². The highest BCUT2D eigenvalue weighted by molar-refractivity contribution is 7.86. The fraction of sp³-hybridized carbons (Fsp3) is 1.00. The Hall–Kier alpha value is -0.170. The summed E-state index contributed by atoms with van der Waals surface area (Å²) in [6.45, 7) is 2.79. The molecule has 5 nitrogen and oxygen atoms in total. The van der Waals surface area contributed by atoms with Crippen LogP contribution in [0.25, 0.3) is 0 Å². The molecule has 2 heterocycles. The van der Waals surface area contributed by atoms with Crippen LogP contribution in [0.5, 0.6) is 0 Å². The second kappa shape index (κ2) is 5.07. The monoisotopic (exact) mass is 274 g/mol. The summed E-state index contributed by atoms with van der Waals surface area (Å²) in [5.74, 6) is 0.606. The summed E-state index contributed by atoms with van der Waals surface area (Å²) >= 11 is 0. The van der Waals surface area contributed by atoms with Crippen LogP contribution in [-0.2, 0) is 14.9 Å². The third kappa shape index (κ3) is 2.19. The minimum absolute atomic E-state index is 0.270. The Bertz CT molecular complexity index is 392. The minimum atomic E-state index is -3.25. The van der Waals surface area contributed by atoms with E-state index in [0.29, 0.717) is 38.8 Å². The average Bonchev–Trinajstić information content (AvgIpc) is 2.87. The van der Waals surface area contributed by atoms with Gasteiger partial charge in [-0.05, 0) is 31.6 Å². The highest BCUT2D eigenvalue weighted by Crippen LogP contribution is 2.38. The zero-order valence-corrected chi connectivity index (χ0v) is 11.6. The summed E-state index contributed by atoms with van der Waals surface area (Å²) in [6, 6.07) is 0.270. The molecule has 6 heteroatoms. The van der Waals surface area contributed by atoms with Crippen LogP contribution in [-0.4, -0.2) is 55.9 Å². The van der Waals surface area contributed by atoms with Crippen LogP contribution in [0.15, 0.2) is 0 Å². The Balaban J connectivity index is 1.79. The van der Waals surface area contributed by atoms with Crippen molar-refractivity contribution in [1.29, 1.82) is 0 Å². The smallest absolute Gasteiger partial charge is 0.282 e. The first-order valence-corrected chi connectivity index (χ1v) is 8.44. The van der Waals surface area contributed by atoms with E-state index in [2.05, 4.69) is 0 Å². The van der Waals surface area contributed by atoms with Crippen LogP contribution in [0.2, 0.25) is 0 Å². The van der Waals surface area contributed by atoms with Crippen LogP contribution in [0.1, 0.15) is 32.1 Å². The quantitative estimate of drug-likeness (QED) is 0.749. The number of hydrogen-bond acceptors (Lipinski definition) is 3. The Morgan fingerprint density at radius 2 is 1.67 bits per heavy atom. The average molecular weight is 274 g/mol. The molecule has 2 aliphatic heterocycles.